The van der Waals surface area contributed by atoms with Crippen LogP contribution in [0.25, 0.3) is 0 Å². The van der Waals surface area contributed by atoms with Gasteiger partial charge in [-0.25, -0.2) is 8.78 Å². The molecule has 1 atom stereocenters. The van der Waals surface area contributed by atoms with Crippen LogP contribution in [0, 0.1) is 23.0 Å². The Kier molecular flexibility index (Phi) is 6.07. The predicted molar refractivity (Wildman–Crippen MR) is 121 cm³/mol. The van der Waals surface area contributed by atoms with E-state index in [0.717, 1.165) is 24.0 Å². The van der Waals surface area contributed by atoms with Gasteiger partial charge in [-0.05, 0) is 73.7 Å². The van der Waals surface area contributed by atoms with Crippen molar-refractivity contribution in [3.8, 4) is 6.07 Å². The predicted octanol–water partition coefficient (Wildman–Crippen LogP) is 2.98. The fraction of sp³-hybridized carbons (Fsp3) is 0.385. The maximum absolute atomic E-state index is 14.5. The summed E-state index contributed by atoms with van der Waals surface area (Å²) in [5.74, 6) is -2.08. The first-order chi connectivity index (χ1) is 16.8. The third kappa shape index (κ3) is 4.42. The van der Waals surface area contributed by atoms with E-state index in [1.165, 1.54) is 23.1 Å². The van der Waals surface area contributed by atoms with Crippen molar-refractivity contribution in [2.45, 2.75) is 50.7 Å². The molecule has 1 unspecified atom stereocenters. The van der Waals surface area contributed by atoms with Gasteiger partial charge >= 0.3 is 0 Å². The van der Waals surface area contributed by atoms with Gasteiger partial charge in [0.25, 0.3) is 5.91 Å². The molecule has 180 valence electrons. The van der Waals surface area contributed by atoms with Crippen LogP contribution >= 0.6 is 0 Å². The number of nitrogens with zero attached hydrogens (tertiary/aromatic N) is 3. The number of imide groups is 1. The SMILES string of the molecule is N#Cc1ccc(CN2CCC(c3cc(F)cc4c3CN(C3CCC(=O)NC3=O)C4=O)CC2)c(F)c1. The number of likely N-dealkylation sites (tertiary alicyclic amines) is 1. The fourth-order valence-electron chi connectivity index (χ4n) is 5.41. The van der Waals surface area contributed by atoms with Crippen LogP contribution in [-0.4, -0.2) is 46.7 Å². The second-order valence-corrected chi connectivity index (χ2v) is 9.39. The van der Waals surface area contributed by atoms with Crippen LogP contribution in [0.3, 0.4) is 0 Å². The van der Waals surface area contributed by atoms with Crippen molar-refractivity contribution in [3.63, 3.8) is 0 Å². The summed E-state index contributed by atoms with van der Waals surface area (Å²) in [4.78, 5) is 40.5. The van der Waals surface area contributed by atoms with Crippen LogP contribution in [0.2, 0.25) is 0 Å². The van der Waals surface area contributed by atoms with Gasteiger partial charge in [-0.2, -0.15) is 5.26 Å². The van der Waals surface area contributed by atoms with E-state index in [1.54, 1.807) is 12.1 Å². The van der Waals surface area contributed by atoms with Gasteiger partial charge < -0.3 is 4.90 Å². The summed E-state index contributed by atoms with van der Waals surface area (Å²) in [5.41, 5.74) is 2.63. The second-order valence-electron chi connectivity index (χ2n) is 9.39. The summed E-state index contributed by atoms with van der Waals surface area (Å²) in [6.07, 6.45) is 1.86. The number of amides is 3. The zero-order chi connectivity index (χ0) is 24.7. The lowest BCUT2D eigenvalue weighted by atomic mass is 9.85. The highest BCUT2D eigenvalue weighted by Crippen LogP contribution is 2.38. The van der Waals surface area contributed by atoms with E-state index >= 15 is 0 Å². The molecule has 5 rings (SSSR count). The summed E-state index contributed by atoms with van der Waals surface area (Å²) >= 11 is 0. The molecule has 1 N–H and O–H groups in total. The number of carbonyl (C=O) groups excluding carboxylic acids is 3. The number of fused-ring (bicyclic) bond motifs is 1. The van der Waals surface area contributed by atoms with E-state index in [4.69, 9.17) is 5.26 Å². The quantitative estimate of drug-likeness (QED) is 0.682. The fourth-order valence-corrected chi connectivity index (χ4v) is 5.41. The van der Waals surface area contributed by atoms with Gasteiger partial charge in [-0.1, -0.05) is 6.07 Å². The van der Waals surface area contributed by atoms with Crippen molar-refractivity contribution in [2.24, 2.45) is 0 Å². The van der Waals surface area contributed by atoms with Crippen molar-refractivity contribution in [1.29, 1.82) is 5.26 Å². The molecule has 3 heterocycles. The Balaban J connectivity index is 1.30. The van der Waals surface area contributed by atoms with Crippen molar-refractivity contribution in [1.82, 2.24) is 15.1 Å². The third-order valence-electron chi connectivity index (χ3n) is 7.26. The van der Waals surface area contributed by atoms with Crippen LogP contribution in [0.5, 0.6) is 0 Å². The first-order valence-electron chi connectivity index (χ1n) is 11.7. The van der Waals surface area contributed by atoms with E-state index in [9.17, 15) is 23.2 Å². The Bertz CT molecular complexity index is 1260. The molecule has 35 heavy (non-hydrogen) atoms. The molecule has 3 amide bonds. The molecule has 2 saturated heterocycles. The highest BCUT2D eigenvalue weighted by Gasteiger charge is 2.41. The highest BCUT2D eigenvalue weighted by molar-refractivity contribution is 6.05. The van der Waals surface area contributed by atoms with Gasteiger partial charge in [-0.3, -0.25) is 24.6 Å². The molecule has 0 aliphatic carbocycles. The Labute approximate surface area is 201 Å². The molecule has 9 heteroatoms. The van der Waals surface area contributed by atoms with E-state index in [-0.39, 0.29) is 48.2 Å². The summed E-state index contributed by atoms with van der Waals surface area (Å²) in [6.45, 7) is 2.00. The van der Waals surface area contributed by atoms with Crippen molar-refractivity contribution in [3.05, 3.63) is 69.8 Å². The molecule has 3 aliphatic heterocycles. The average molecular weight is 478 g/mol. The first kappa shape index (κ1) is 23.1. The van der Waals surface area contributed by atoms with Crippen LogP contribution in [0.1, 0.15) is 64.2 Å². The largest absolute Gasteiger partial charge is 0.322 e. The number of halogens is 2. The van der Waals surface area contributed by atoms with Gasteiger partial charge in [0, 0.05) is 30.6 Å². The summed E-state index contributed by atoms with van der Waals surface area (Å²) in [7, 11) is 0. The molecule has 0 aromatic heterocycles. The Morgan fingerprint density at radius 3 is 2.51 bits per heavy atom. The monoisotopic (exact) mass is 478 g/mol. The van der Waals surface area contributed by atoms with Gasteiger partial charge in [0.05, 0.1) is 11.6 Å². The summed E-state index contributed by atoms with van der Waals surface area (Å²) in [6, 6.07) is 8.38. The van der Waals surface area contributed by atoms with Crippen molar-refractivity contribution >= 4 is 17.7 Å². The lowest BCUT2D eigenvalue weighted by molar-refractivity contribution is -0.136. The number of nitriles is 1. The van der Waals surface area contributed by atoms with Crippen LogP contribution in [-0.2, 0) is 22.7 Å². The molecular weight excluding hydrogens is 454 g/mol. The summed E-state index contributed by atoms with van der Waals surface area (Å²) < 4.78 is 28.8. The molecule has 2 aromatic rings. The number of benzene rings is 2. The maximum atomic E-state index is 14.5. The molecule has 0 radical (unpaired) electrons. The Morgan fingerprint density at radius 1 is 1.06 bits per heavy atom. The first-order valence-corrected chi connectivity index (χ1v) is 11.7. The molecular formula is C26H24F2N4O3. The van der Waals surface area contributed by atoms with Crippen molar-refractivity contribution < 1.29 is 23.2 Å². The minimum Gasteiger partial charge on any atom is -0.322 e. The average Bonchev–Trinajstić information content (AvgIpc) is 3.16. The number of hydrogen-bond acceptors (Lipinski definition) is 5. The minimum atomic E-state index is -0.743. The molecule has 0 saturated carbocycles. The van der Waals surface area contributed by atoms with Gasteiger partial charge in [-0.15, -0.1) is 0 Å². The van der Waals surface area contributed by atoms with Gasteiger partial charge in [0.1, 0.15) is 17.7 Å². The normalized spacial score (nSPS) is 21.1. The van der Waals surface area contributed by atoms with Crippen LogP contribution < -0.4 is 5.32 Å². The number of nitrogens with one attached hydrogen (secondary N) is 1. The zero-order valence-corrected chi connectivity index (χ0v) is 19.0. The molecule has 2 fully saturated rings. The number of hydrogen-bond donors (Lipinski definition) is 1. The standard InChI is InChI=1S/C26H24F2N4O3/c27-18-10-19(16-5-7-31(8-6-16)13-17-2-1-15(12-29)9-22(17)28)21-14-32(26(35)20(21)11-18)23-3-4-24(33)30-25(23)34/h1-2,9-11,16,23H,3-8,13-14H2,(H,30,33,34). The minimum absolute atomic E-state index is 0.0380. The van der Waals surface area contributed by atoms with Gasteiger partial charge in [0.15, 0.2) is 0 Å². The van der Waals surface area contributed by atoms with Crippen molar-refractivity contribution in [2.75, 3.05) is 13.1 Å². The molecule has 2 aromatic carbocycles. The molecule has 0 bridgehead atoms. The Hall–Kier alpha value is -3.64. The maximum Gasteiger partial charge on any atom is 0.255 e. The van der Waals surface area contributed by atoms with Crippen LogP contribution in [0.15, 0.2) is 30.3 Å². The lowest BCUT2D eigenvalue weighted by Gasteiger charge is -2.33. The van der Waals surface area contributed by atoms with E-state index in [2.05, 4.69) is 10.2 Å². The van der Waals surface area contributed by atoms with Crippen LogP contribution in [0.4, 0.5) is 8.78 Å². The molecule has 7 nitrogen and oxygen atoms in total. The topological polar surface area (TPSA) is 93.5 Å². The molecule has 0 spiro atoms. The number of rotatable bonds is 4. The number of carbonyl (C=O) groups is 3. The second kappa shape index (κ2) is 9.19. The van der Waals surface area contributed by atoms with Gasteiger partial charge in [0.2, 0.25) is 11.8 Å². The lowest BCUT2D eigenvalue weighted by Crippen LogP contribution is -2.52. The third-order valence-corrected chi connectivity index (χ3v) is 7.26. The molecule has 3 aliphatic rings. The van der Waals surface area contributed by atoms with E-state index < -0.39 is 23.6 Å². The summed E-state index contributed by atoms with van der Waals surface area (Å²) in [5, 5.41) is 11.2. The van der Waals surface area contributed by atoms with E-state index in [0.29, 0.717) is 25.2 Å². The highest BCUT2D eigenvalue weighted by atomic mass is 19.1. The Morgan fingerprint density at radius 2 is 1.83 bits per heavy atom. The number of piperidine rings is 2. The smallest absolute Gasteiger partial charge is 0.255 e. The zero-order valence-electron chi connectivity index (χ0n) is 19.0. The van der Waals surface area contributed by atoms with E-state index in [1.807, 2.05) is 6.07 Å².